The highest BCUT2D eigenvalue weighted by Crippen LogP contribution is 2.28. The molecule has 1 aromatic rings. The van der Waals surface area contributed by atoms with Crippen LogP contribution in [0.15, 0.2) is 23.1 Å². The summed E-state index contributed by atoms with van der Waals surface area (Å²) in [6.45, 7) is 3.01. The SMILES string of the molecule is CC1(CNS(=O)(=O)c2cc([N+](=O)[O-])ccc2Cl)COC1. The maximum absolute atomic E-state index is 12.2. The molecule has 2 rings (SSSR count). The van der Waals surface area contributed by atoms with E-state index in [1.165, 1.54) is 6.07 Å². The quantitative estimate of drug-likeness (QED) is 0.655. The zero-order valence-electron chi connectivity index (χ0n) is 10.6. The maximum Gasteiger partial charge on any atom is 0.270 e. The number of ether oxygens (including phenoxy) is 1. The molecule has 7 nitrogen and oxygen atoms in total. The van der Waals surface area contributed by atoms with Crippen LogP contribution in [0, 0.1) is 15.5 Å². The normalized spacial score (nSPS) is 17.5. The predicted octanol–water partition coefficient (Wildman–Crippen LogP) is 1.56. The Labute approximate surface area is 121 Å². The number of halogens is 1. The predicted molar refractivity (Wildman–Crippen MR) is 72.2 cm³/mol. The zero-order valence-corrected chi connectivity index (χ0v) is 12.2. The summed E-state index contributed by atoms with van der Waals surface area (Å²) in [6.07, 6.45) is 0. The van der Waals surface area contributed by atoms with Crippen LogP contribution < -0.4 is 4.72 Å². The van der Waals surface area contributed by atoms with Gasteiger partial charge in [0.15, 0.2) is 0 Å². The summed E-state index contributed by atoms with van der Waals surface area (Å²) in [7, 11) is -3.90. The first-order chi connectivity index (χ1) is 9.23. The molecule has 0 atom stereocenters. The minimum Gasteiger partial charge on any atom is -0.380 e. The van der Waals surface area contributed by atoms with E-state index < -0.39 is 14.9 Å². The van der Waals surface area contributed by atoms with E-state index in [1.54, 1.807) is 0 Å². The second-order valence-corrected chi connectivity index (χ2v) is 7.14. The molecule has 0 bridgehead atoms. The molecular weight excluding hydrogens is 308 g/mol. The van der Waals surface area contributed by atoms with Gasteiger partial charge in [-0.05, 0) is 6.07 Å². The molecule has 0 amide bonds. The Morgan fingerprint density at radius 1 is 1.50 bits per heavy atom. The van der Waals surface area contributed by atoms with Gasteiger partial charge >= 0.3 is 0 Å². The smallest absolute Gasteiger partial charge is 0.270 e. The van der Waals surface area contributed by atoms with Gasteiger partial charge in [0.05, 0.1) is 23.2 Å². The highest BCUT2D eigenvalue weighted by atomic mass is 35.5. The minimum absolute atomic E-state index is 0.0573. The number of hydrogen-bond acceptors (Lipinski definition) is 5. The van der Waals surface area contributed by atoms with Crippen molar-refractivity contribution >= 4 is 27.3 Å². The number of sulfonamides is 1. The van der Waals surface area contributed by atoms with E-state index in [0.29, 0.717) is 13.2 Å². The van der Waals surface area contributed by atoms with Crippen LogP contribution in [0.1, 0.15) is 6.92 Å². The largest absolute Gasteiger partial charge is 0.380 e. The fourth-order valence-corrected chi connectivity index (χ4v) is 3.43. The lowest BCUT2D eigenvalue weighted by atomic mass is 9.89. The van der Waals surface area contributed by atoms with Crippen LogP contribution in [-0.2, 0) is 14.8 Å². The molecule has 0 aliphatic carbocycles. The van der Waals surface area contributed by atoms with Crippen LogP contribution >= 0.6 is 11.6 Å². The number of nitro groups is 1. The lowest BCUT2D eigenvalue weighted by molar-refractivity contribution is -0.385. The van der Waals surface area contributed by atoms with Crippen LogP contribution in [0.5, 0.6) is 0 Å². The Bertz CT molecular complexity index is 642. The number of rotatable bonds is 5. The Balaban J connectivity index is 2.24. The van der Waals surface area contributed by atoms with Crippen molar-refractivity contribution in [2.75, 3.05) is 19.8 Å². The molecule has 1 saturated heterocycles. The van der Waals surface area contributed by atoms with E-state index in [4.69, 9.17) is 16.3 Å². The molecule has 1 fully saturated rings. The number of nitro benzene ring substituents is 1. The van der Waals surface area contributed by atoms with E-state index in [2.05, 4.69) is 4.72 Å². The minimum atomic E-state index is -3.90. The summed E-state index contributed by atoms with van der Waals surface area (Å²) >= 11 is 5.82. The molecule has 0 unspecified atom stereocenters. The third kappa shape index (κ3) is 3.09. The van der Waals surface area contributed by atoms with E-state index >= 15 is 0 Å². The highest BCUT2D eigenvalue weighted by molar-refractivity contribution is 7.89. The van der Waals surface area contributed by atoms with Gasteiger partial charge in [-0.3, -0.25) is 10.1 Å². The second-order valence-electron chi connectivity index (χ2n) is 5.00. The molecule has 0 aromatic heterocycles. The number of benzene rings is 1. The molecule has 1 aliphatic rings. The van der Waals surface area contributed by atoms with Crippen molar-refractivity contribution in [2.24, 2.45) is 5.41 Å². The van der Waals surface area contributed by atoms with Crippen LogP contribution in [0.4, 0.5) is 5.69 Å². The summed E-state index contributed by atoms with van der Waals surface area (Å²) in [4.78, 5) is 9.73. The third-order valence-electron chi connectivity index (χ3n) is 3.01. The van der Waals surface area contributed by atoms with Crippen LogP contribution in [0.25, 0.3) is 0 Å². The second kappa shape index (κ2) is 5.28. The summed E-state index contributed by atoms with van der Waals surface area (Å²) in [6, 6.07) is 3.30. The summed E-state index contributed by atoms with van der Waals surface area (Å²) < 4.78 is 31.8. The van der Waals surface area contributed by atoms with Gasteiger partial charge in [-0.1, -0.05) is 18.5 Å². The first-order valence-electron chi connectivity index (χ1n) is 5.75. The topological polar surface area (TPSA) is 98.5 Å². The van der Waals surface area contributed by atoms with Crippen molar-refractivity contribution in [1.82, 2.24) is 4.72 Å². The number of nitrogens with zero attached hydrogens (tertiary/aromatic N) is 1. The zero-order chi connectivity index (χ0) is 15.0. The summed E-state index contributed by atoms with van der Waals surface area (Å²) in [5.74, 6) is 0. The van der Waals surface area contributed by atoms with Crippen molar-refractivity contribution in [1.29, 1.82) is 0 Å². The first kappa shape index (κ1) is 15.2. The Kier molecular flexibility index (Phi) is 4.01. The van der Waals surface area contributed by atoms with Gasteiger partial charge in [0.2, 0.25) is 10.0 Å². The Morgan fingerprint density at radius 3 is 2.65 bits per heavy atom. The Hall–Kier alpha value is -1.22. The number of hydrogen-bond donors (Lipinski definition) is 1. The van der Waals surface area contributed by atoms with E-state index in [9.17, 15) is 18.5 Å². The molecule has 110 valence electrons. The highest BCUT2D eigenvalue weighted by Gasteiger charge is 2.35. The van der Waals surface area contributed by atoms with Gasteiger partial charge in [0.25, 0.3) is 5.69 Å². The molecular formula is C11H13ClN2O5S. The van der Waals surface area contributed by atoms with Crippen LogP contribution in [0.2, 0.25) is 5.02 Å². The van der Waals surface area contributed by atoms with Gasteiger partial charge in [-0.15, -0.1) is 0 Å². The molecule has 9 heteroatoms. The monoisotopic (exact) mass is 320 g/mol. The molecule has 0 saturated carbocycles. The molecule has 0 radical (unpaired) electrons. The molecule has 1 heterocycles. The van der Waals surface area contributed by atoms with Crippen molar-refractivity contribution in [2.45, 2.75) is 11.8 Å². The van der Waals surface area contributed by atoms with Gasteiger partial charge in [-0.2, -0.15) is 0 Å². The van der Waals surface area contributed by atoms with E-state index in [-0.39, 0.29) is 27.6 Å². The third-order valence-corrected chi connectivity index (χ3v) is 4.89. The molecule has 20 heavy (non-hydrogen) atoms. The van der Waals surface area contributed by atoms with Gasteiger partial charge in [0.1, 0.15) is 4.90 Å². The maximum atomic E-state index is 12.2. The first-order valence-corrected chi connectivity index (χ1v) is 7.61. The van der Waals surface area contributed by atoms with Crippen molar-refractivity contribution in [3.8, 4) is 0 Å². The molecule has 1 N–H and O–H groups in total. The van der Waals surface area contributed by atoms with Crippen LogP contribution in [-0.4, -0.2) is 33.1 Å². The van der Waals surface area contributed by atoms with Crippen molar-refractivity contribution < 1.29 is 18.1 Å². The lowest BCUT2D eigenvalue weighted by Crippen LogP contribution is -2.48. The number of nitrogens with one attached hydrogen (secondary N) is 1. The average Bonchev–Trinajstić information content (AvgIpc) is 2.34. The van der Waals surface area contributed by atoms with Gasteiger partial charge < -0.3 is 4.74 Å². The number of non-ortho nitro benzene ring substituents is 1. The van der Waals surface area contributed by atoms with E-state index in [0.717, 1.165) is 12.1 Å². The molecule has 1 aliphatic heterocycles. The van der Waals surface area contributed by atoms with Crippen LogP contribution in [0.3, 0.4) is 0 Å². The fraction of sp³-hybridized carbons (Fsp3) is 0.455. The fourth-order valence-electron chi connectivity index (χ4n) is 1.71. The molecule has 0 spiro atoms. The van der Waals surface area contributed by atoms with Gasteiger partial charge in [0, 0.05) is 24.1 Å². The standard InChI is InChI=1S/C11H13ClN2O5S/c1-11(6-19-7-11)5-13-20(17,18)10-4-8(14(15)16)2-3-9(10)12/h2-4,13H,5-7H2,1H3. The molecule has 1 aromatic carbocycles. The van der Waals surface area contributed by atoms with Crippen molar-refractivity contribution in [3.63, 3.8) is 0 Å². The lowest BCUT2D eigenvalue weighted by Gasteiger charge is -2.37. The van der Waals surface area contributed by atoms with Gasteiger partial charge in [-0.25, -0.2) is 13.1 Å². The summed E-state index contributed by atoms with van der Waals surface area (Å²) in [5, 5.41) is 10.6. The average molecular weight is 321 g/mol. The van der Waals surface area contributed by atoms with Crippen molar-refractivity contribution in [3.05, 3.63) is 33.3 Å². The van der Waals surface area contributed by atoms with E-state index in [1.807, 2.05) is 6.92 Å². The summed E-state index contributed by atoms with van der Waals surface area (Å²) in [5.41, 5.74) is -0.576. The Morgan fingerprint density at radius 2 is 2.15 bits per heavy atom.